The Hall–Kier alpha value is 0.415. The first kappa shape index (κ1) is 14.4. The van der Waals surface area contributed by atoms with Crippen molar-refractivity contribution in [3.05, 3.63) is 0 Å². The van der Waals surface area contributed by atoms with Gasteiger partial charge in [-0.15, -0.1) is 0 Å². The third-order valence-corrected chi connectivity index (χ3v) is 3.70. The lowest BCUT2D eigenvalue weighted by molar-refractivity contribution is 0.697. The minimum atomic E-state index is 0.855. The second-order valence-electron chi connectivity index (χ2n) is 5.11. The van der Waals surface area contributed by atoms with Crippen molar-refractivity contribution in [2.24, 2.45) is 11.8 Å². The summed E-state index contributed by atoms with van der Waals surface area (Å²) in [7, 11) is 0. The zero-order valence-electron chi connectivity index (χ0n) is 10.7. The zero-order valence-corrected chi connectivity index (χ0v) is 11.5. The van der Waals surface area contributed by atoms with E-state index in [0.29, 0.717) is 0 Å². The summed E-state index contributed by atoms with van der Waals surface area (Å²) < 4.78 is 0. The highest BCUT2D eigenvalue weighted by Crippen LogP contribution is 2.24. The van der Waals surface area contributed by atoms with Gasteiger partial charge >= 0.3 is 0 Å². The highest BCUT2D eigenvalue weighted by Gasteiger charge is 2.17. The van der Waals surface area contributed by atoms with Crippen molar-refractivity contribution in [3.8, 4) is 0 Å². The van der Waals surface area contributed by atoms with Crippen LogP contribution in [0.5, 0.6) is 0 Å². The molecule has 0 spiro atoms. The molecule has 0 radical (unpaired) electrons. The molecular formula is C12H27BS. The van der Waals surface area contributed by atoms with Crippen LogP contribution in [0.25, 0.3) is 0 Å². The molecule has 0 atom stereocenters. The summed E-state index contributed by atoms with van der Waals surface area (Å²) in [5, 5.41) is 0. The van der Waals surface area contributed by atoms with Crippen molar-refractivity contribution in [3.63, 3.8) is 0 Å². The zero-order chi connectivity index (χ0) is 11.0. The predicted octanol–water partition coefficient (Wildman–Crippen LogP) is 4.82. The highest BCUT2D eigenvalue weighted by molar-refractivity contribution is 8.25. The molecule has 0 amide bonds. The van der Waals surface area contributed by atoms with Crippen LogP contribution >= 0.6 is 11.6 Å². The Labute approximate surface area is 95.6 Å². The maximum atomic E-state index is 2.34. The van der Waals surface area contributed by atoms with Crippen molar-refractivity contribution in [2.75, 3.05) is 5.75 Å². The Morgan fingerprint density at radius 3 is 1.86 bits per heavy atom. The van der Waals surface area contributed by atoms with E-state index in [1.165, 1.54) is 31.2 Å². The molecule has 0 bridgehead atoms. The summed E-state index contributed by atoms with van der Waals surface area (Å²) in [6, 6.07) is 0. The van der Waals surface area contributed by atoms with Crippen molar-refractivity contribution in [1.82, 2.24) is 0 Å². The van der Waals surface area contributed by atoms with E-state index in [4.69, 9.17) is 0 Å². The van der Waals surface area contributed by atoms with E-state index in [1.807, 2.05) is 0 Å². The van der Waals surface area contributed by atoms with Crippen molar-refractivity contribution in [2.45, 2.75) is 60.1 Å². The molecule has 0 aromatic heterocycles. The van der Waals surface area contributed by atoms with E-state index in [0.717, 1.165) is 17.8 Å². The van der Waals surface area contributed by atoms with E-state index in [9.17, 15) is 0 Å². The normalized spacial score (nSPS) is 11.4. The summed E-state index contributed by atoms with van der Waals surface area (Å²) >= 11 is 2.20. The van der Waals surface area contributed by atoms with Crippen LogP contribution in [0.15, 0.2) is 0 Å². The molecular weight excluding hydrogens is 187 g/mol. The van der Waals surface area contributed by atoms with Gasteiger partial charge in [-0.1, -0.05) is 65.5 Å². The van der Waals surface area contributed by atoms with Gasteiger partial charge < -0.3 is 0 Å². The molecule has 0 rings (SSSR count). The van der Waals surface area contributed by atoms with Gasteiger partial charge in [-0.2, -0.15) is 0 Å². The molecule has 0 aromatic carbocycles. The molecule has 0 N–H and O–H groups in total. The fourth-order valence-corrected chi connectivity index (χ4v) is 3.51. The Morgan fingerprint density at radius 1 is 1.00 bits per heavy atom. The van der Waals surface area contributed by atoms with Crippen molar-refractivity contribution in [1.29, 1.82) is 0 Å². The van der Waals surface area contributed by atoms with Crippen LogP contribution in [0.1, 0.15) is 47.5 Å². The van der Waals surface area contributed by atoms with E-state index in [-0.39, 0.29) is 0 Å². The molecule has 0 nitrogen and oxygen atoms in total. The fraction of sp³-hybridized carbons (Fsp3) is 1.00. The fourth-order valence-electron chi connectivity index (χ4n) is 1.68. The topological polar surface area (TPSA) is 0 Å². The van der Waals surface area contributed by atoms with Gasteiger partial charge in [0.25, 0.3) is 0 Å². The molecule has 14 heavy (non-hydrogen) atoms. The van der Waals surface area contributed by atoms with Crippen LogP contribution in [-0.4, -0.2) is 11.7 Å². The molecule has 0 aromatic rings. The molecule has 84 valence electrons. The van der Waals surface area contributed by atoms with E-state index < -0.39 is 0 Å². The second kappa shape index (κ2) is 8.70. The minimum Gasteiger partial charge on any atom is -0.210 e. The molecule has 0 aliphatic carbocycles. The summed E-state index contributed by atoms with van der Waals surface area (Å²) in [6.07, 6.45) is 5.51. The van der Waals surface area contributed by atoms with E-state index >= 15 is 0 Å². The van der Waals surface area contributed by atoms with Gasteiger partial charge in [0.05, 0.1) is 0 Å². The standard InChI is InChI=1S/C12H27BS/c1-6-7-8-14-13(9-11(2)3)10-12(4)5/h11-12H,6-10H2,1-5H3. The number of rotatable bonds is 8. The summed E-state index contributed by atoms with van der Waals surface area (Å²) in [5.74, 6) is 3.97. The number of unbranched alkanes of at least 4 members (excludes halogenated alkanes) is 1. The van der Waals surface area contributed by atoms with Gasteiger partial charge in [0.1, 0.15) is 0 Å². The maximum absolute atomic E-state index is 2.34. The molecule has 0 aliphatic heterocycles. The molecule has 0 unspecified atom stereocenters. The van der Waals surface area contributed by atoms with Crippen molar-refractivity contribution >= 4 is 17.6 Å². The summed E-state index contributed by atoms with van der Waals surface area (Å²) in [5.41, 5.74) is 0. The van der Waals surface area contributed by atoms with Crippen LogP contribution in [0, 0.1) is 11.8 Å². The Bertz CT molecular complexity index is 113. The molecule has 0 aliphatic rings. The SMILES string of the molecule is CCCCSB(CC(C)C)CC(C)C. The van der Waals surface area contributed by atoms with Crippen LogP contribution < -0.4 is 0 Å². The van der Waals surface area contributed by atoms with Crippen LogP contribution in [-0.2, 0) is 0 Å². The molecule has 0 saturated carbocycles. The Balaban J connectivity index is 3.72. The second-order valence-corrected chi connectivity index (χ2v) is 6.51. The molecule has 0 heterocycles. The summed E-state index contributed by atoms with van der Waals surface area (Å²) in [6.45, 7) is 11.6. The third-order valence-electron chi connectivity index (χ3n) is 2.32. The average molecular weight is 214 g/mol. The lowest BCUT2D eigenvalue weighted by atomic mass is 9.62. The van der Waals surface area contributed by atoms with Gasteiger partial charge in [0.15, 0.2) is 0 Å². The molecule has 0 saturated heterocycles. The van der Waals surface area contributed by atoms with Gasteiger partial charge in [-0.05, 0) is 12.2 Å². The van der Waals surface area contributed by atoms with Crippen LogP contribution in [0.2, 0.25) is 12.6 Å². The van der Waals surface area contributed by atoms with Crippen LogP contribution in [0.3, 0.4) is 0 Å². The number of hydrogen-bond donors (Lipinski definition) is 0. The van der Waals surface area contributed by atoms with E-state index in [1.54, 1.807) is 0 Å². The monoisotopic (exact) mass is 214 g/mol. The van der Waals surface area contributed by atoms with Gasteiger partial charge in [0.2, 0.25) is 5.99 Å². The first-order valence-corrected chi connectivity index (χ1v) is 7.22. The van der Waals surface area contributed by atoms with Gasteiger partial charge in [0, 0.05) is 0 Å². The first-order chi connectivity index (χ1) is 6.56. The van der Waals surface area contributed by atoms with Gasteiger partial charge in [-0.3, -0.25) is 0 Å². The largest absolute Gasteiger partial charge is 0.210 e. The molecule has 0 fully saturated rings. The quantitative estimate of drug-likeness (QED) is 0.412. The summed E-state index contributed by atoms with van der Waals surface area (Å²) in [4.78, 5) is 0. The smallest absolute Gasteiger partial charge is 0.210 e. The molecule has 2 heteroatoms. The maximum Gasteiger partial charge on any atom is 0.210 e. The lowest BCUT2D eigenvalue weighted by Gasteiger charge is -2.17. The Kier molecular flexibility index (Phi) is 8.96. The van der Waals surface area contributed by atoms with Crippen molar-refractivity contribution < 1.29 is 0 Å². The predicted molar refractivity (Wildman–Crippen MR) is 72.4 cm³/mol. The van der Waals surface area contributed by atoms with E-state index in [2.05, 4.69) is 46.2 Å². The number of hydrogen-bond acceptors (Lipinski definition) is 1. The highest BCUT2D eigenvalue weighted by atomic mass is 32.2. The average Bonchev–Trinajstić information content (AvgIpc) is 2.02. The van der Waals surface area contributed by atoms with Gasteiger partial charge in [-0.25, -0.2) is 11.6 Å². The minimum absolute atomic E-state index is 0.855. The first-order valence-electron chi connectivity index (χ1n) is 6.17. The van der Waals surface area contributed by atoms with Crippen LogP contribution in [0.4, 0.5) is 0 Å². The Morgan fingerprint density at radius 2 is 1.50 bits per heavy atom. The lowest BCUT2D eigenvalue weighted by Crippen LogP contribution is -2.14. The third kappa shape index (κ3) is 8.99.